The van der Waals surface area contributed by atoms with Crippen molar-refractivity contribution in [2.24, 2.45) is 0 Å². The van der Waals surface area contributed by atoms with Crippen molar-refractivity contribution in [2.45, 2.75) is 19.6 Å². The molecule has 0 aromatic heterocycles. The minimum atomic E-state index is -0.822. The molecule has 0 aliphatic rings. The van der Waals surface area contributed by atoms with Gasteiger partial charge in [0.1, 0.15) is 18.5 Å². The van der Waals surface area contributed by atoms with Crippen molar-refractivity contribution in [2.75, 3.05) is 26.6 Å². The summed E-state index contributed by atoms with van der Waals surface area (Å²) in [5.41, 5.74) is 8.58. The quantitative estimate of drug-likeness (QED) is 0.673. The summed E-state index contributed by atoms with van der Waals surface area (Å²) in [7, 11) is 3.09. The van der Waals surface area contributed by atoms with Gasteiger partial charge in [-0.2, -0.15) is 0 Å². The SMILES string of the molecule is COc1ccc(C(O)COc2c(N)cc(CO)cc2OC)c(C)c1. The van der Waals surface area contributed by atoms with E-state index in [2.05, 4.69) is 0 Å². The zero-order valence-corrected chi connectivity index (χ0v) is 14.1. The maximum atomic E-state index is 10.4. The van der Waals surface area contributed by atoms with Crippen molar-refractivity contribution >= 4 is 5.69 Å². The lowest BCUT2D eigenvalue weighted by Crippen LogP contribution is -2.12. The first kappa shape index (κ1) is 17.9. The zero-order valence-electron chi connectivity index (χ0n) is 14.1. The standard InChI is InChI=1S/C18H23NO5/c1-11-6-13(22-2)4-5-14(11)16(21)10-24-18-15(19)7-12(9-20)8-17(18)23-3/h4-8,16,20-21H,9-10,19H2,1-3H3. The smallest absolute Gasteiger partial charge is 0.184 e. The average molecular weight is 333 g/mol. The monoisotopic (exact) mass is 333 g/mol. The molecule has 0 aliphatic heterocycles. The van der Waals surface area contributed by atoms with Gasteiger partial charge in [-0.3, -0.25) is 0 Å². The molecule has 1 atom stereocenters. The van der Waals surface area contributed by atoms with Crippen LogP contribution in [0.15, 0.2) is 30.3 Å². The molecule has 0 aliphatic carbocycles. The second-order valence-corrected chi connectivity index (χ2v) is 5.42. The lowest BCUT2D eigenvalue weighted by molar-refractivity contribution is 0.106. The van der Waals surface area contributed by atoms with E-state index in [0.717, 1.165) is 16.9 Å². The van der Waals surface area contributed by atoms with E-state index in [1.54, 1.807) is 31.4 Å². The summed E-state index contributed by atoms with van der Waals surface area (Å²) >= 11 is 0. The van der Waals surface area contributed by atoms with Crippen LogP contribution in [-0.2, 0) is 6.61 Å². The Labute approximate surface area is 141 Å². The Morgan fingerprint density at radius 3 is 2.46 bits per heavy atom. The van der Waals surface area contributed by atoms with E-state index in [0.29, 0.717) is 22.7 Å². The molecule has 130 valence electrons. The van der Waals surface area contributed by atoms with Gasteiger partial charge in [0.25, 0.3) is 0 Å². The Morgan fingerprint density at radius 1 is 1.12 bits per heavy atom. The molecule has 0 spiro atoms. The van der Waals surface area contributed by atoms with Crippen molar-refractivity contribution < 1.29 is 24.4 Å². The van der Waals surface area contributed by atoms with E-state index in [-0.39, 0.29) is 13.2 Å². The first-order valence-corrected chi connectivity index (χ1v) is 7.52. The number of rotatable bonds is 7. The summed E-state index contributed by atoms with van der Waals surface area (Å²) in [5, 5.41) is 19.6. The van der Waals surface area contributed by atoms with Crippen LogP contribution in [0.3, 0.4) is 0 Å². The predicted octanol–water partition coefficient (Wildman–Crippen LogP) is 2.20. The maximum Gasteiger partial charge on any atom is 0.184 e. The number of aryl methyl sites for hydroxylation is 1. The van der Waals surface area contributed by atoms with Crippen LogP contribution in [0.4, 0.5) is 5.69 Å². The van der Waals surface area contributed by atoms with Gasteiger partial charge in [0.05, 0.1) is 26.5 Å². The molecule has 4 N–H and O–H groups in total. The van der Waals surface area contributed by atoms with Gasteiger partial charge >= 0.3 is 0 Å². The number of benzene rings is 2. The van der Waals surface area contributed by atoms with Crippen molar-refractivity contribution in [1.82, 2.24) is 0 Å². The van der Waals surface area contributed by atoms with Gasteiger partial charge in [-0.05, 0) is 47.9 Å². The van der Waals surface area contributed by atoms with Crippen molar-refractivity contribution in [3.8, 4) is 17.2 Å². The molecule has 6 nitrogen and oxygen atoms in total. The summed E-state index contributed by atoms with van der Waals surface area (Å²) in [6.45, 7) is 1.77. The van der Waals surface area contributed by atoms with Crippen LogP contribution in [0.25, 0.3) is 0 Å². The van der Waals surface area contributed by atoms with Gasteiger partial charge in [-0.1, -0.05) is 6.07 Å². The summed E-state index contributed by atoms with van der Waals surface area (Å²) in [6.07, 6.45) is -0.822. The van der Waals surface area contributed by atoms with Crippen LogP contribution in [0.1, 0.15) is 22.8 Å². The van der Waals surface area contributed by atoms with Gasteiger partial charge in [-0.15, -0.1) is 0 Å². The summed E-state index contributed by atoms with van der Waals surface area (Å²) < 4.78 is 16.1. The van der Waals surface area contributed by atoms with Crippen LogP contribution in [0.5, 0.6) is 17.2 Å². The highest BCUT2D eigenvalue weighted by Crippen LogP contribution is 2.36. The Hall–Kier alpha value is -2.44. The van der Waals surface area contributed by atoms with Gasteiger partial charge in [-0.25, -0.2) is 0 Å². The number of hydrogen-bond acceptors (Lipinski definition) is 6. The average Bonchev–Trinajstić information content (AvgIpc) is 2.59. The summed E-state index contributed by atoms with van der Waals surface area (Å²) in [6, 6.07) is 8.71. The normalized spacial score (nSPS) is 11.9. The van der Waals surface area contributed by atoms with Gasteiger partial charge in [0, 0.05) is 0 Å². The molecule has 24 heavy (non-hydrogen) atoms. The topological polar surface area (TPSA) is 94.2 Å². The number of nitrogen functional groups attached to an aromatic ring is 1. The molecule has 0 bridgehead atoms. The fraction of sp³-hybridized carbons (Fsp3) is 0.333. The van der Waals surface area contributed by atoms with E-state index in [1.165, 1.54) is 7.11 Å². The van der Waals surface area contributed by atoms with Crippen LogP contribution in [0.2, 0.25) is 0 Å². The second kappa shape index (κ2) is 7.90. The summed E-state index contributed by atoms with van der Waals surface area (Å²) in [4.78, 5) is 0. The molecule has 2 aromatic carbocycles. The molecule has 2 aromatic rings. The summed E-state index contributed by atoms with van der Waals surface area (Å²) in [5.74, 6) is 1.49. The van der Waals surface area contributed by atoms with Crippen LogP contribution >= 0.6 is 0 Å². The molecule has 6 heteroatoms. The first-order valence-electron chi connectivity index (χ1n) is 7.52. The number of ether oxygens (including phenoxy) is 3. The van der Waals surface area contributed by atoms with Gasteiger partial charge < -0.3 is 30.2 Å². The molecule has 0 heterocycles. The Bertz CT molecular complexity index is 702. The highest BCUT2D eigenvalue weighted by molar-refractivity contribution is 5.62. The molecule has 0 amide bonds. The lowest BCUT2D eigenvalue weighted by Gasteiger charge is -2.18. The largest absolute Gasteiger partial charge is 0.497 e. The van der Waals surface area contributed by atoms with E-state index >= 15 is 0 Å². The third-order valence-electron chi connectivity index (χ3n) is 3.77. The van der Waals surface area contributed by atoms with Crippen LogP contribution in [0, 0.1) is 6.92 Å². The van der Waals surface area contributed by atoms with E-state index in [4.69, 9.17) is 19.9 Å². The van der Waals surface area contributed by atoms with Crippen LogP contribution in [-0.4, -0.2) is 31.0 Å². The molecule has 0 saturated carbocycles. The minimum absolute atomic E-state index is 0.0200. The molecule has 0 radical (unpaired) electrons. The Morgan fingerprint density at radius 2 is 1.88 bits per heavy atom. The highest BCUT2D eigenvalue weighted by Gasteiger charge is 2.16. The van der Waals surface area contributed by atoms with Crippen molar-refractivity contribution in [3.05, 3.63) is 47.0 Å². The molecule has 2 rings (SSSR count). The number of nitrogens with two attached hydrogens (primary N) is 1. The molecule has 1 unspecified atom stereocenters. The Kier molecular flexibility index (Phi) is 5.89. The van der Waals surface area contributed by atoms with Crippen molar-refractivity contribution in [3.63, 3.8) is 0 Å². The predicted molar refractivity (Wildman–Crippen MR) is 91.5 cm³/mol. The maximum absolute atomic E-state index is 10.4. The number of methoxy groups -OCH3 is 2. The van der Waals surface area contributed by atoms with Gasteiger partial charge in [0.15, 0.2) is 11.5 Å². The van der Waals surface area contributed by atoms with Gasteiger partial charge in [0.2, 0.25) is 0 Å². The van der Waals surface area contributed by atoms with Crippen LogP contribution < -0.4 is 19.9 Å². The lowest BCUT2D eigenvalue weighted by atomic mass is 10.0. The Balaban J connectivity index is 2.16. The van der Waals surface area contributed by atoms with Crippen molar-refractivity contribution in [1.29, 1.82) is 0 Å². The molecule has 0 saturated heterocycles. The second-order valence-electron chi connectivity index (χ2n) is 5.42. The first-order chi connectivity index (χ1) is 11.5. The number of anilines is 1. The molecule has 0 fully saturated rings. The number of aliphatic hydroxyl groups is 2. The van der Waals surface area contributed by atoms with E-state index < -0.39 is 6.10 Å². The number of aliphatic hydroxyl groups excluding tert-OH is 2. The fourth-order valence-electron chi connectivity index (χ4n) is 2.48. The highest BCUT2D eigenvalue weighted by atomic mass is 16.5. The molecular weight excluding hydrogens is 310 g/mol. The minimum Gasteiger partial charge on any atom is -0.497 e. The molecular formula is C18H23NO5. The fourth-order valence-corrected chi connectivity index (χ4v) is 2.48. The third kappa shape index (κ3) is 3.90. The van der Waals surface area contributed by atoms with E-state index in [1.807, 2.05) is 13.0 Å². The third-order valence-corrected chi connectivity index (χ3v) is 3.77. The number of hydrogen-bond donors (Lipinski definition) is 3. The van der Waals surface area contributed by atoms with E-state index in [9.17, 15) is 10.2 Å². The zero-order chi connectivity index (χ0) is 17.7.